The largest absolute Gasteiger partial charge is 0.356 e. The molecule has 0 amide bonds. The number of aromatic nitrogens is 4. The standard InChI is InChI=1S/C20H31N7S/c1-21-19(24-15-12-16-8-5-6-13-22-16)23-14-7-11-18-25-26-20(28-2)27(18)17-9-3-4-10-17/h5-6,8,13,17H,3-4,7,9-12,14-15H2,1-2H3,(H2,21,23,24). The Morgan fingerprint density at radius 1 is 1.18 bits per heavy atom. The van der Waals surface area contributed by atoms with E-state index in [2.05, 4.69) is 41.6 Å². The van der Waals surface area contributed by atoms with Gasteiger partial charge >= 0.3 is 0 Å². The molecule has 0 aliphatic heterocycles. The molecule has 1 saturated carbocycles. The Labute approximate surface area is 171 Å². The summed E-state index contributed by atoms with van der Waals surface area (Å²) in [6.07, 6.45) is 11.9. The smallest absolute Gasteiger partial charge is 0.191 e. The molecular weight excluding hydrogens is 370 g/mol. The van der Waals surface area contributed by atoms with Crippen molar-refractivity contribution in [3.8, 4) is 0 Å². The number of aryl methyl sites for hydroxylation is 1. The average molecular weight is 402 g/mol. The van der Waals surface area contributed by atoms with E-state index in [9.17, 15) is 0 Å². The molecule has 2 N–H and O–H groups in total. The van der Waals surface area contributed by atoms with E-state index in [1.54, 1.807) is 18.8 Å². The maximum atomic E-state index is 4.46. The fraction of sp³-hybridized carbons (Fsp3) is 0.600. The first-order valence-corrected chi connectivity index (χ1v) is 11.4. The van der Waals surface area contributed by atoms with Gasteiger partial charge in [-0.2, -0.15) is 0 Å². The summed E-state index contributed by atoms with van der Waals surface area (Å²) in [4.78, 5) is 8.64. The van der Waals surface area contributed by atoms with Crippen molar-refractivity contribution in [3.05, 3.63) is 35.9 Å². The molecule has 8 heteroatoms. The lowest BCUT2D eigenvalue weighted by atomic mass is 10.2. The normalized spacial score (nSPS) is 15.1. The maximum Gasteiger partial charge on any atom is 0.191 e. The third-order valence-electron chi connectivity index (χ3n) is 5.10. The van der Waals surface area contributed by atoms with E-state index >= 15 is 0 Å². The van der Waals surface area contributed by atoms with Gasteiger partial charge in [0.2, 0.25) is 0 Å². The van der Waals surface area contributed by atoms with Gasteiger partial charge < -0.3 is 15.2 Å². The first-order valence-electron chi connectivity index (χ1n) is 10.1. The van der Waals surface area contributed by atoms with Gasteiger partial charge in [0, 0.05) is 50.9 Å². The van der Waals surface area contributed by atoms with Gasteiger partial charge in [0.1, 0.15) is 5.82 Å². The van der Waals surface area contributed by atoms with E-state index in [4.69, 9.17) is 0 Å². The van der Waals surface area contributed by atoms with Crippen molar-refractivity contribution in [1.29, 1.82) is 0 Å². The Bertz CT molecular complexity index is 738. The molecule has 2 aromatic heterocycles. The van der Waals surface area contributed by atoms with E-state index in [1.807, 2.05) is 24.4 Å². The first kappa shape index (κ1) is 20.6. The predicted molar refractivity (Wildman–Crippen MR) is 115 cm³/mol. The third kappa shape index (κ3) is 5.70. The fourth-order valence-corrected chi connectivity index (χ4v) is 4.25. The number of thioether (sulfide) groups is 1. The van der Waals surface area contributed by atoms with Crippen LogP contribution in [0.4, 0.5) is 0 Å². The number of hydrogen-bond donors (Lipinski definition) is 2. The second kappa shape index (κ2) is 11.0. The second-order valence-electron chi connectivity index (χ2n) is 7.01. The predicted octanol–water partition coefficient (Wildman–Crippen LogP) is 2.85. The van der Waals surface area contributed by atoms with E-state index in [0.717, 1.165) is 55.0 Å². The summed E-state index contributed by atoms with van der Waals surface area (Å²) in [5, 5.41) is 16.7. The molecule has 7 nitrogen and oxygen atoms in total. The second-order valence-corrected chi connectivity index (χ2v) is 7.79. The number of nitrogens with one attached hydrogen (secondary N) is 2. The summed E-state index contributed by atoms with van der Waals surface area (Å²) in [5.41, 5.74) is 1.08. The molecule has 2 aromatic rings. The van der Waals surface area contributed by atoms with E-state index in [1.165, 1.54) is 25.7 Å². The minimum absolute atomic E-state index is 0.585. The molecule has 3 rings (SSSR count). The summed E-state index contributed by atoms with van der Waals surface area (Å²) in [6.45, 7) is 1.67. The van der Waals surface area contributed by atoms with Crippen LogP contribution in [-0.4, -0.2) is 52.1 Å². The van der Waals surface area contributed by atoms with Crippen molar-refractivity contribution in [2.45, 2.75) is 56.1 Å². The van der Waals surface area contributed by atoms with Gasteiger partial charge in [-0.3, -0.25) is 9.98 Å². The molecule has 1 aliphatic carbocycles. The number of rotatable bonds is 9. The van der Waals surface area contributed by atoms with Crippen LogP contribution in [0.3, 0.4) is 0 Å². The van der Waals surface area contributed by atoms with Crippen LogP contribution in [0.2, 0.25) is 0 Å². The van der Waals surface area contributed by atoms with Crippen LogP contribution in [-0.2, 0) is 12.8 Å². The molecule has 0 saturated heterocycles. The third-order valence-corrected chi connectivity index (χ3v) is 5.74. The number of guanidine groups is 1. The van der Waals surface area contributed by atoms with E-state index < -0.39 is 0 Å². The topological polar surface area (TPSA) is 80.0 Å². The summed E-state index contributed by atoms with van der Waals surface area (Å²) in [7, 11) is 1.80. The molecule has 28 heavy (non-hydrogen) atoms. The van der Waals surface area contributed by atoms with Gasteiger partial charge in [0.25, 0.3) is 0 Å². The summed E-state index contributed by atoms with van der Waals surface area (Å²) in [5.74, 6) is 1.95. The lowest BCUT2D eigenvalue weighted by Crippen LogP contribution is -2.39. The van der Waals surface area contributed by atoms with Crippen LogP contribution in [0, 0.1) is 0 Å². The van der Waals surface area contributed by atoms with Crippen LogP contribution in [0.1, 0.15) is 49.7 Å². The molecule has 152 valence electrons. The molecule has 0 atom stereocenters. The zero-order valence-corrected chi connectivity index (χ0v) is 17.7. The van der Waals surface area contributed by atoms with Gasteiger partial charge in [-0.05, 0) is 37.7 Å². The Kier molecular flexibility index (Phi) is 8.14. The molecular formula is C20H31N7S. The number of pyridine rings is 1. The van der Waals surface area contributed by atoms with Gasteiger partial charge in [-0.15, -0.1) is 10.2 Å². The lowest BCUT2D eigenvalue weighted by molar-refractivity contribution is 0.460. The van der Waals surface area contributed by atoms with Crippen molar-refractivity contribution < 1.29 is 0 Å². The molecule has 1 fully saturated rings. The number of nitrogens with zero attached hydrogens (tertiary/aromatic N) is 5. The van der Waals surface area contributed by atoms with Crippen molar-refractivity contribution in [2.75, 3.05) is 26.4 Å². The minimum Gasteiger partial charge on any atom is -0.356 e. The lowest BCUT2D eigenvalue weighted by Gasteiger charge is -2.16. The Balaban J connectivity index is 1.41. The monoisotopic (exact) mass is 401 g/mol. The SMILES string of the molecule is CN=C(NCCCc1nnc(SC)n1C1CCCC1)NCCc1ccccn1. The summed E-state index contributed by atoms with van der Waals surface area (Å²) >= 11 is 1.70. The zero-order valence-electron chi connectivity index (χ0n) is 16.9. The van der Waals surface area contributed by atoms with Crippen molar-refractivity contribution >= 4 is 17.7 Å². The molecule has 0 spiro atoms. The maximum absolute atomic E-state index is 4.46. The summed E-state index contributed by atoms with van der Waals surface area (Å²) in [6, 6.07) is 6.58. The van der Waals surface area contributed by atoms with E-state index in [-0.39, 0.29) is 0 Å². The highest BCUT2D eigenvalue weighted by Gasteiger charge is 2.23. The fourth-order valence-electron chi connectivity index (χ4n) is 3.68. The minimum atomic E-state index is 0.585. The molecule has 0 bridgehead atoms. The number of aliphatic imine (C=N–C) groups is 1. The van der Waals surface area contributed by atoms with Crippen molar-refractivity contribution in [1.82, 2.24) is 30.4 Å². The highest BCUT2D eigenvalue weighted by atomic mass is 32.2. The first-order chi connectivity index (χ1) is 13.8. The Morgan fingerprint density at radius 3 is 2.71 bits per heavy atom. The number of hydrogen-bond acceptors (Lipinski definition) is 5. The van der Waals surface area contributed by atoms with Crippen molar-refractivity contribution in [3.63, 3.8) is 0 Å². The van der Waals surface area contributed by atoms with Gasteiger partial charge in [0.05, 0.1) is 0 Å². The molecule has 0 radical (unpaired) electrons. The van der Waals surface area contributed by atoms with Gasteiger partial charge in [-0.1, -0.05) is 30.7 Å². The van der Waals surface area contributed by atoms with E-state index in [0.29, 0.717) is 6.04 Å². The Morgan fingerprint density at radius 2 is 2.00 bits per heavy atom. The van der Waals surface area contributed by atoms with Crippen LogP contribution < -0.4 is 10.6 Å². The molecule has 0 unspecified atom stereocenters. The molecule has 2 heterocycles. The molecule has 1 aliphatic rings. The molecule has 0 aromatic carbocycles. The van der Waals surface area contributed by atoms with Crippen LogP contribution in [0.5, 0.6) is 0 Å². The van der Waals surface area contributed by atoms with Crippen LogP contribution in [0.15, 0.2) is 34.5 Å². The van der Waals surface area contributed by atoms with Crippen LogP contribution in [0.25, 0.3) is 0 Å². The van der Waals surface area contributed by atoms with Crippen LogP contribution >= 0.6 is 11.8 Å². The highest BCUT2D eigenvalue weighted by molar-refractivity contribution is 7.98. The van der Waals surface area contributed by atoms with Crippen molar-refractivity contribution in [2.24, 2.45) is 4.99 Å². The zero-order chi connectivity index (χ0) is 19.6. The Hall–Kier alpha value is -2.09. The highest BCUT2D eigenvalue weighted by Crippen LogP contribution is 2.33. The van der Waals surface area contributed by atoms with Gasteiger partial charge in [0.15, 0.2) is 11.1 Å². The summed E-state index contributed by atoms with van der Waals surface area (Å²) < 4.78 is 2.39. The quantitative estimate of drug-likeness (QED) is 0.291. The average Bonchev–Trinajstić information content (AvgIpc) is 3.39. The van der Waals surface area contributed by atoms with Gasteiger partial charge in [-0.25, -0.2) is 0 Å².